The molecule has 1 saturated heterocycles. The van der Waals surface area contributed by atoms with E-state index >= 15 is 0 Å². The van der Waals surface area contributed by atoms with Crippen LogP contribution in [0.25, 0.3) is 0 Å². The molecule has 0 radical (unpaired) electrons. The number of rotatable bonds is 2. The number of likely N-dealkylation sites (tertiary alicyclic amines) is 1. The van der Waals surface area contributed by atoms with Gasteiger partial charge in [-0.2, -0.15) is 0 Å². The predicted octanol–water partition coefficient (Wildman–Crippen LogP) is 2.03. The van der Waals surface area contributed by atoms with Crippen LogP contribution in [-0.4, -0.2) is 18.0 Å². The molecule has 0 atom stereocenters. The number of halogens is 1. The molecule has 0 N–H and O–H groups in total. The average Bonchev–Trinajstić information content (AvgIpc) is 2.00. The van der Waals surface area contributed by atoms with Gasteiger partial charge in [0, 0.05) is 12.1 Å². The minimum atomic E-state index is -0.0793. The van der Waals surface area contributed by atoms with Gasteiger partial charge < -0.3 is 0 Å². The lowest BCUT2D eigenvalue weighted by molar-refractivity contribution is 0.170. The van der Waals surface area contributed by atoms with Crippen LogP contribution in [0.4, 0.5) is 4.39 Å². The molecule has 0 unspecified atom stereocenters. The molecule has 1 heterocycles. The summed E-state index contributed by atoms with van der Waals surface area (Å²) in [5.74, 6) is -0.0793. The second kappa shape index (κ2) is 3.23. The Kier molecular flexibility index (Phi) is 2.09. The predicted molar refractivity (Wildman–Crippen MR) is 46.3 cm³/mol. The normalized spacial score (nSPS) is 17.4. The summed E-state index contributed by atoms with van der Waals surface area (Å²) in [5.41, 5.74) is 0.817. The van der Waals surface area contributed by atoms with E-state index in [1.807, 2.05) is 12.1 Å². The zero-order valence-electron chi connectivity index (χ0n) is 6.96. The molecule has 1 aliphatic rings. The van der Waals surface area contributed by atoms with Crippen LogP contribution in [-0.2, 0) is 6.54 Å². The number of hydrogen-bond acceptors (Lipinski definition) is 1. The fourth-order valence-corrected chi connectivity index (χ4v) is 1.41. The standard InChI is InChI=1S/C10H12FN/c11-10-5-2-1-4-9(10)8-12-6-3-7-12/h1-2,4-5H,3,6-8H2. The van der Waals surface area contributed by atoms with Gasteiger partial charge in [-0.1, -0.05) is 18.2 Å². The second-order valence-electron chi connectivity index (χ2n) is 3.22. The summed E-state index contributed by atoms with van der Waals surface area (Å²) >= 11 is 0. The zero-order valence-corrected chi connectivity index (χ0v) is 6.96. The van der Waals surface area contributed by atoms with Gasteiger partial charge in [0.2, 0.25) is 0 Å². The Hall–Kier alpha value is -0.890. The molecule has 0 amide bonds. The molecule has 0 bridgehead atoms. The highest BCUT2D eigenvalue weighted by Gasteiger charge is 2.14. The van der Waals surface area contributed by atoms with Crippen LogP contribution in [0, 0.1) is 5.82 Å². The fourth-order valence-electron chi connectivity index (χ4n) is 1.41. The van der Waals surface area contributed by atoms with Crippen molar-refractivity contribution >= 4 is 0 Å². The minimum Gasteiger partial charge on any atom is -0.299 e. The highest BCUT2D eigenvalue weighted by Crippen LogP contribution is 2.14. The van der Waals surface area contributed by atoms with Crippen LogP contribution in [0.3, 0.4) is 0 Å². The molecule has 0 aliphatic carbocycles. The first-order valence-corrected chi connectivity index (χ1v) is 4.32. The first-order chi connectivity index (χ1) is 5.86. The summed E-state index contributed by atoms with van der Waals surface area (Å²) in [6.07, 6.45) is 1.26. The maximum atomic E-state index is 13.1. The van der Waals surface area contributed by atoms with Crippen molar-refractivity contribution in [3.8, 4) is 0 Å². The van der Waals surface area contributed by atoms with Gasteiger partial charge in [0.1, 0.15) is 5.82 Å². The Bertz CT molecular complexity index is 268. The SMILES string of the molecule is Fc1ccccc1CN1CCC1. The van der Waals surface area contributed by atoms with Crippen LogP contribution in [0.5, 0.6) is 0 Å². The van der Waals surface area contributed by atoms with E-state index in [4.69, 9.17) is 0 Å². The fraction of sp³-hybridized carbons (Fsp3) is 0.400. The average molecular weight is 165 g/mol. The van der Waals surface area contributed by atoms with E-state index in [2.05, 4.69) is 4.90 Å². The van der Waals surface area contributed by atoms with Crippen LogP contribution >= 0.6 is 0 Å². The van der Waals surface area contributed by atoms with Crippen LogP contribution in [0.2, 0.25) is 0 Å². The first-order valence-electron chi connectivity index (χ1n) is 4.32. The zero-order chi connectivity index (χ0) is 8.39. The van der Waals surface area contributed by atoms with E-state index in [1.165, 1.54) is 12.5 Å². The van der Waals surface area contributed by atoms with E-state index in [-0.39, 0.29) is 5.82 Å². The molecule has 0 aromatic heterocycles. The molecule has 0 saturated carbocycles. The van der Waals surface area contributed by atoms with Crippen molar-refractivity contribution in [2.45, 2.75) is 13.0 Å². The Labute approximate surface area is 71.8 Å². The summed E-state index contributed by atoms with van der Waals surface area (Å²) in [7, 11) is 0. The van der Waals surface area contributed by atoms with Gasteiger partial charge in [0.25, 0.3) is 0 Å². The Morgan fingerprint density at radius 2 is 2.00 bits per heavy atom. The van der Waals surface area contributed by atoms with Gasteiger partial charge in [0.05, 0.1) is 0 Å². The summed E-state index contributed by atoms with van der Waals surface area (Å²) in [6.45, 7) is 3.01. The Balaban J connectivity index is 2.06. The second-order valence-corrected chi connectivity index (χ2v) is 3.22. The van der Waals surface area contributed by atoms with E-state index < -0.39 is 0 Å². The number of hydrogen-bond donors (Lipinski definition) is 0. The first kappa shape index (κ1) is 7.74. The van der Waals surface area contributed by atoms with Gasteiger partial charge in [-0.15, -0.1) is 0 Å². The molecular weight excluding hydrogens is 153 g/mol. The highest BCUT2D eigenvalue weighted by molar-refractivity contribution is 5.17. The topological polar surface area (TPSA) is 3.24 Å². The maximum absolute atomic E-state index is 13.1. The van der Waals surface area contributed by atoms with Crippen molar-refractivity contribution in [1.82, 2.24) is 4.90 Å². The monoisotopic (exact) mass is 165 g/mol. The smallest absolute Gasteiger partial charge is 0.127 e. The lowest BCUT2D eigenvalue weighted by Gasteiger charge is -2.30. The molecule has 2 rings (SSSR count). The van der Waals surface area contributed by atoms with Crippen molar-refractivity contribution in [3.63, 3.8) is 0 Å². The van der Waals surface area contributed by atoms with E-state index in [0.717, 1.165) is 25.2 Å². The summed E-state index contributed by atoms with van der Waals surface area (Å²) in [6, 6.07) is 7.00. The lowest BCUT2D eigenvalue weighted by Crippen LogP contribution is -2.36. The van der Waals surface area contributed by atoms with Crippen molar-refractivity contribution in [2.24, 2.45) is 0 Å². The molecule has 2 heteroatoms. The lowest BCUT2D eigenvalue weighted by atomic mass is 10.1. The molecule has 1 nitrogen and oxygen atoms in total. The molecular formula is C10H12FN. The quantitative estimate of drug-likeness (QED) is 0.648. The summed E-state index contributed by atoms with van der Waals surface area (Å²) < 4.78 is 13.1. The third kappa shape index (κ3) is 1.48. The third-order valence-electron chi connectivity index (χ3n) is 2.30. The van der Waals surface area contributed by atoms with Gasteiger partial charge in [-0.25, -0.2) is 4.39 Å². The highest BCUT2D eigenvalue weighted by atomic mass is 19.1. The number of nitrogens with zero attached hydrogens (tertiary/aromatic N) is 1. The summed E-state index contributed by atoms with van der Waals surface area (Å²) in [5, 5.41) is 0. The summed E-state index contributed by atoms with van der Waals surface area (Å²) in [4.78, 5) is 2.25. The Morgan fingerprint density at radius 1 is 1.25 bits per heavy atom. The van der Waals surface area contributed by atoms with E-state index in [9.17, 15) is 4.39 Å². The Morgan fingerprint density at radius 3 is 2.58 bits per heavy atom. The molecule has 1 aromatic carbocycles. The number of benzene rings is 1. The minimum absolute atomic E-state index is 0.0793. The molecule has 1 aromatic rings. The van der Waals surface area contributed by atoms with Crippen LogP contribution in [0.1, 0.15) is 12.0 Å². The van der Waals surface area contributed by atoms with Crippen molar-refractivity contribution in [2.75, 3.05) is 13.1 Å². The molecule has 12 heavy (non-hydrogen) atoms. The van der Waals surface area contributed by atoms with Crippen molar-refractivity contribution in [1.29, 1.82) is 0 Å². The largest absolute Gasteiger partial charge is 0.299 e. The van der Waals surface area contributed by atoms with Crippen molar-refractivity contribution in [3.05, 3.63) is 35.6 Å². The molecule has 1 fully saturated rings. The van der Waals surface area contributed by atoms with Crippen LogP contribution in [0.15, 0.2) is 24.3 Å². The molecule has 1 aliphatic heterocycles. The van der Waals surface area contributed by atoms with Gasteiger partial charge in [0.15, 0.2) is 0 Å². The van der Waals surface area contributed by atoms with Gasteiger partial charge in [-0.3, -0.25) is 4.90 Å². The van der Waals surface area contributed by atoms with Gasteiger partial charge >= 0.3 is 0 Å². The van der Waals surface area contributed by atoms with Crippen LogP contribution < -0.4 is 0 Å². The van der Waals surface area contributed by atoms with Gasteiger partial charge in [-0.05, 0) is 25.6 Å². The maximum Gasteiger partial charge on any atom is 0.127 e. The van der Waals surface area contributed by atoms with E-state index in [1.54, 1.807) is 6.07 Å². The van der Waals surface area contributed by atoms with Crippen molar-refractivity contribution < 1.29 is 4.39 Å². The van der Waals surface area contributed by atoms with E-state index in [0.29, 0.717) is 0 Å². The molecule has 64 valence electrons. The molecule has 0 spiro atoms. The third-order valence-corrected chi connectivity index (χ3v) is 2.30.